The number of amides is 1. The highest BCUT2D eigenvalue weighted by molar-refractivity contribution is 5.91. The van der Waals surface area contributed by atoms with Gasteiger partial charge in [0.2, 0.25) is 5.91 Å². The number of rotatable bonds is 10. The maximum Gasteiger partial charge on any atom is 0.343 e. The van der Waals surface area contributed by atoms with E-state index in [1.807, 2.05) is 24.3 Å². The van der Waals surface area contributed by atoms with Crippen molar-refractivity contribution in [3.8, 4) is 5.75 Å². The predicted octanol–water partition coefficient (Wildman–Crippen LogP) is 3.04. The number of aromatic amines is 1. The number of aliphatic carboxylic acids is 1. The molecule has 0 saturated heterocycles. The normalized spacial score (nSPS) is 11.5. The molecule has 0 fully saturated rings. The number of H-pyrrole nitrogens is 1. The molecule has 0 saturated carbocycles. The van der Waals surface area contributed by atoms with Gasteiger partial charge < -0.3 is 31.6 Å². The molecular formula is C28H27N5O5. The monoisotopic (exact) mass is 513 g/mol. The van der Waals surface area contributed by atoms with Crippen molar-refractivity contribution in [3.63, 3.8) is 0 Å². The van der Waals surface area contributed by atoms with Crippen LogP contribution >= 0.6 is 0 Å². The van der Waals surface area contributed by atoms with E-state index < -0.39 is 18.0 Å². The number of carboxylic acid groups (broad SMARTS) is 1. The molecule has 4 aromatic rings. The van der Waals surface area contributed by atoms with Crippen LogP contribution in [0.25, 0.3) is 10.9 Å². The van der Waals surface area contributed by atoms with Crippen molar-refractivity contribution in [2.75, 3.05) is 0 Å². The molecule has 0 unspecified atom stereocenters. The van der Waals surface area contributed by atoms with Crippen molar-refractivity contribution < 1.29 is 24.2 Å². The van der Waals surface area contributed by atoms with E-state index in [1.54, 1.807) is 54.7 Å². The average Bonchev–Trinajstić information content (AvgIpc) is 3.30. The van der Waals surface area contributed by atoms with Gasteiger partial charge in [0.1, 0.15) is 11.8 Å². The Labute approximate surface area is 218 Å². The van der Waals surface area contributed by atoms with Crippen LogP contribution in [0.4, 0.5) is 5.69 Å². The first kappa shape index (κ1) is 26.0. The quantitative estimate of drug-likeness (QED) is 0.0938. The van der Waals surface area contributed by atoms with Gasteiger partial charge in [-0.2, -0.15) is 0 Å². The third-order valence-electron chi connectivity index (χ3n) is 5.87. The van der Waals surface area contributed by atoms with Crippen molar-refractivity contribution in [2.24, 2.45) is 16.5 Å². The van der Waals surface area contributed by atoms with E-state index in [9.17, 15) is 19.5 Å². The van der Waals surface area contributed by atoms with E-state index in [0.717, 1.165) is 22.0 Å². The van der Waals surface area contributed by atoms with Crippen LogP contribution < -0.4 is 21.5 Å². The molecule has 0 radical (unpaired) electrons. The Balaban J connectivity index is 1.28. The standard InChI is InChI=1S/C28H27N5O5/c29-28(30)32-20-10-8-18(9-11-20)27(37)38-21-12-5-17(6-13-21)7-14-25(34)33-24(26(35)36)15-19-16-31-23-4-2-1-3-22(19)23/h1-6,8-13,16,24,31H,7,14-15H2,(H,33,34)(H,35,36)(H4,29,30,32)/t24-/m0/s1. The molecule has 0 aliphatic carbocycles. The number of fused-ring (bicyclic) bond motifs is 1. The fraction of sp³-hybridized carbons (Fsp3) is 0.143. The third-order valence-corrected chi connectivity index (χ3v) is 5.87. The maximum absolute atomic E-state index is 12.5. The summed E-state index contributed by atoms with van der Waals surface area (Å²) in [6.45, 7) is 0. The van der Waals surface area contributed by atoms with Crippen molar-refractivity contribution in [2.45, 2.75) is 25.3 Å². The second-order valence-corrected chi connectivity index (χ2v) is 8.64. The first-order valence-corrected chi connectivity index (χ1v) is 11.9. The molecule has 3 aromatic carbocycles. The Morgan fingerprint density at radius 1 is 0.974 bits per heavy atom. The van der Waals surface area contributed by atoms with Crippen LogP contribution in [0.15, 0.2) is 84.0 Å². The predicted molar refractivity (Wildman–Crippen MR) is 143 cm³/mol. The Morgan fingerprint density at radius 2 is 1.68 bits per heavy atom. The van der Waals surface area contributed by atoms with E-state index in [-0.39, 0.29) is 24.7 Å². The van der Waals surface area contributed by atoms with Crippen LogP contribution in [-0.2, 0) is 22.4 Å². The lowest BCUT2D eigenvalue weighted by Crippen LogP contribution is -2.42. The maximum atomic E-state index is 12.5. The molecule has 1 atom stereocenters. The van der Waals surface area contributed by atoms with Crippen molar-refractivity contribution >= 4 is 40.4 Å². The summed E-state index contributed by atoms with van der Waals surface area (Å²) in [4.78, 5) is 43.7. The molecule has 1 amide bonds. The van der Waals surface area contributed by atoms with Gasteiger partial charge in [0.15, 0.2) is 5.96 Å². The number of aryl methyl sites for hydroxylation is 1. The fourth-order valence-electron chi connectivity index (χ4n) is 3.96. The molecule has 4 rings (SSSR count). The Morgan fingerprint density at radius 3 is 2.37 bits per heavy atom. The van der Waals surface area contributed by atoms with E-state index in [0.29, 0.717) is 23.4 Å². The van der Waals surface area contributed by atoms with E-state index in [4.69, 9.17) is 16.2 Å². The van der Waals surface area contributed by atoms with Crippen molar-refractivity contribution in [1.82, 2.24) is 10.3 Å². The number of aliphatic imine (C=N–C) groups is 1. The molecule has 10 heteroatoms. The van der Waals surface area contributed by atoms with Crippen LogP contribution in [0, 0.1) is 0 Å². The molecule has 194 valence electrons. The van der Waals surface area contributed by atoms with E-state index in [2.05, 4.69) is 15.3 Å². The minimum absolute atomic E-state index is 0.0787. The van der Waals surface area contributed by atoms with Gasteiger partial charge in [-0.15, -0.1) is 0 Å². The molecule has 0 aliphatic heterocycles. The summed E-state index contributed by atoms with van der Waals surface area (Å²) in [6, 6.07) is 19.6. The smallest absolute Gasteiger partial charge is 0.343 e. The van der Waals surface area contributed by atoms with Gasteiger partial charge in [-0.1, -0.05) is 30.3 Å². The minimum Gasteiger partial charge on any atom is -0.480 e. The van der Waals surface area contributed by atoms with Crippen molar-refractivity contribution in [1.29, 1.82) is 0 Å². The number of benzene rings is 3. The number of aromatic nitrogens is 1. The molecule has 1 aromatic heterocycles. The third kappa shape index (κ3) is 6.76. The highest BCUT2D eigenvalue weighted by atomic mass is 16.5. The molecule has 38 heavy (non-hydrogen) atoms. The molecule has 0 spiro atoms. The van der Waals surface area contributed by atoms with Crippen molar-refractivity contribution in [3.05, 3.63) is 95.7 Å². The summed E-state index contributed by atoms with van der Waals surface area (Å²) < 4.78 is 5.39. The van der Waals surface area contributed by atoms with Crippen LogP contribution in [0.2, 0.25) is 0 Å². The number of esters is 1. The number of nitrogens with two attached hydrogens (primary N) is 2. The molecule has 0 aliphatic rings. The SMILES string of the molecule is NC(N)=Nc1ccc(C(=O)Oc2ccc(CCC(=O)N[C@@H](Cc3c[nH]c4ccccc34)C(=O)O)cc2)cc1. The summed E-state index contributed by atoms with van der Waals surface area (Å²) in [5, 5.41) is 13.2. The van der Waals surface area contributed by atoms with E-state index in [1.165, 1.54) is 0 Å². The summed E-state index contributed by atoms with van der Waals surface area (Å²) in [7, 11) is 0. The van der Waals surface area contributed by atoms with Gasteiger partial charge in [-0.3, -0.25) is 4.79 Å². The first-order chi connectivity index (χ1) is 18.3. The summed E-state index contributed by atoms with van der Waals surface area (Å²) >= 11 is 0. The number of para-hydroxylation sites is 1. The second kappa shape index (κ2) is 11.7. The zero-order valence-electron chi connectivity index (χ0n) is 20.4. The molecular weight excluding hydrogens is 486 g/mol. The number of hydrogen-bond acceptors (Lipinski definition) is 5. The van der Waals surface area contributed by atoms with Crippen LogP contribution in [-0.4, -0.2) is 39.9 Å². The molecule has 7 N–H and O–H groups in total. The van der Waals surface area contributed by atoms with Gasteiger partial charge >= 0.3 is 11.9 Å². The number of carbonyl (C=O) groups is 3. The second-order valence-electron chi connectivity index (χ2n) is 8.64. The zero-order valence-corrected chi connectivity index (χ0v) is 20.4. The molecule has 0 bridgehead atoms. The first-order valence-electron chi connectivity index (χ1n) is 11.9. The number of hydrogen-bond donors (Lipinski definition) is 5. The lowest BCUT2D eigenvalue weighted by atomic mass is 10.0. The van der Waals surface area contributed by atoms with Gasteiger partial charge in [0, 0.05) is 29.9 Å². The van der Waals surface area contributed by atoms with Crippen LogP contribution in [0.1, 0.15) is 27.9 Å². The molecule has 1 heterocycles. The number of carbonyl (C=O) groups excluding carboxylic acids is 2. The largest absolute Gasteiger partial charge is 0.480 e. The van der Waals surface area contributed by atoms with Gasteiger partial charge in [0.05, 0.1) is 11.3 Å². The number of guanidine groups is 1. The van der Waals surface area contributed by atoms with Crippen LogP contribution in [0.3, 0.4) is 0 Å². The lowest BCUT2D eigenvalue weighted by Gasteiger charge is -2.14. The fourth-order valence-corrected chi connectivity index (χ4v) is 3.96. The number of carboxylic acids is 1. The highest BCUT2D eigenvalue weighted by Gasteiger charge is 2.21. The van der Waals surface area contributed by atoms with Gasteiger partial charge in [0.25, 0.3) is 0 Å². The summed E-state index contributed by atoms with van der Waals surface area (Å²) in [5.74, 6) is -1.73. The number of nitrogens with one attached hydrogen (secondary N) is 2. The van der Waals surface area contributed by atoms with Crippen LogP contribution in [0.5, 0.6) is 5.75 Å². The molecule has 10 nitrogen and oxygen atoms in total. The minimum atomic E-state index is -1.10. The van der Waals surface area contributed by atoms with E-state index >= 15 is 0 Å². The Hall–Kier alpha value is -5.12. The Bertz CT molecular complexity index is 1470. The topological polar surface area (TPSA) is 173 Å². The summed E-state index contributed by atoms with van der Waals surface area (Å²) in [5.41, 5.74) is 14.1. The Kier molecular flexibility index (Phi) is 8.02. The average molecular weight is 514 g/mol. The van der Waals surface area contributed by atoms with Gasteiger partial charge in [-0.25, -0.2) is 14.6 Å². The highest BCUT2D eigenvalue weighted by Crippen LogP contribution is 2.20. The summed E-state index contributed by atoms with van der Waals surface area (Å²) in [6.07, 6.45) is 2.44. The zero-order chi connectivity index (χ0) is 27.1. The van der Waals surface area contributed by atoms with Gasteiger partial charge in [-0.05, 0) is 60.0 Å². The number of ether oxygens (including phenoxy) is 1. The lowest BCUT2D eigenvalue weighted by molar-refractivity contribution is -0.141. The number of nitrogens with zero attached hydrogens (tertiary/aromatic N) is 1.